The highest BCUT2D eigenvalue weighted by atomic mass is 16.5. The number of aryl methyl sites for hydroxylation is 1. The fourth-order valence-corrected chi connectivity index (χ4v) is 2.54. The van der Waals surface area contributed by atoms with E-state index in [-0.39, 0.29) is 5.78 Å². The molecule has 0 radical (unpaired) electrons. The van der Waals surface area contributed by atoms with Crippen LogP contribution in [-0.2, 0) is 4.74 Å². The van der Waals surface area contributed by atoms with E-state index in [1.807, 2.05) is 31.2 Å². The third-order valence-corrected chi connectivity index (χ3v) is 3.61. The summed E-state index contributed by atoms with van der Waals surface area (Å²) in [5, 5.41) is 0. The van der Waals surface area contributed by atoms with E-state index in [2.05, 4.69) is 0 Å². The van der Waals surface area contributed by atoms with Gasteiger partial charge in [-0.1, -0.05) is 24.3 Å². The predicted octanol–water partition coefficient (Wildman–Crippen LogP) is 3.14. The summed E-state index contributed by atoms with van der Waals surface area (Å²) in [6.45, 7) is 1.98. The van der Waals surface area contributed by atoms with Gasteiger partial charge in [0.1, 0.15) is 5.60 Å². The predicted molar refractivity (Wildman–Crippen MR) is 63.7 cm³/mol. The van der Waals surface area contributed by atoms with Crippen molar-refractivity contribution in [3.8, 4) is 0 Å². The lowest BCUT2D eigenvalue weighted by atomic mass is 9.89. The molecule has 0 saturated heterocycles. The number of ketones is 1. The Morgan fingerprint density at radius 3 is 2.44 bits per heavy atom. The second kappa shape index (κ2) is 4.38. The number of rotatable bonds is 3. The zero-order valence-electron chi connectivity index (χ0n) is 9.95. The number of benzene rings is 1. The van der Waals surface area contributed by atoms with Gasteiger partial charge in [-0.2, -0.15) is 0 Å². The lowest BCUT2D eigenvalue weighted by Gasteiger charge is -2.26. The molecule has 16 heavy (non-hydrogen) atoms. The lowest BCUT2D eigenvalue weighted by Crippen LogP contribution is -2.38. The van der Waals surface area contributed by atoms with Crippen LogP contribution in [0.25, 0.3) is 0 Å². The van der Waals surface area contributed by atoms with Crippen LogP contribution in [0.5, 0.6) is 0 Å². The third-order valence-electron chi connectivity index (χ3n) is 3.61. The van der Waals surface area contributed by atoms with Crippen LogP contribution in [0.15, 0.2) is 24.3 Å². The van der Waals surface area contributed by atoms with Gasteiger partial charge in [0.15, 0.2) is 5.78 Å². The monoisotopic (exact) mass is 218 g/mol. The summed E-state index contributed by atoms with van der Waals surface area (Å²) in [7, 11) is 1.65. The summed E-state index contributed by atoms with van der Waals surface area (Å²) in [6, 6.07) is 7.75. The van der Waals surface area contributed by atoms with Gasteiger partial charge in [0.25, 0.3) is 0 Å². The largest absolute Gasteiger partial charge is 0.370 e. The van der Waals surface area contributed by atoms with E-state index in [0.29, 0.717) is 0 Å². The lowest BCUT2D eigenvalue weighted by molar-refractivity contribution is 0.00596. The highest BCUT2D eigenvalue weighted by molar-refractivity contribution is 6.03. The van der Waals surface area contributed by atoms with E-state index in [1.54, 1.807) is 7.11 Å². The Labute approximate surface area is 96.6 Å². The molecular weight excluding hydrogens is 200 g/mol. The molecule has 0 amide bonds. The Morgan fingerprint density at radius 2 is 1.88 bits per heavy atom. The molecule has 0 heterocycles. The Kier molecular flexibility index (Phi) is 3.10. The fraction of sp³-hybridized carbons (Fsp3) is 0.500. The molecule has 1 aromatic carbocycles. The normalized spacial score (nSPS) is 18.6. The zero-order valence-corrected chi connectivity index (χ0v) is 9.95. The summed E-state index contributed by atoms with van der Waals surface area (Å²) in [5.41, 5.74) is 1.30. The molecule has 2 heteroatoms. The number of hydrogen-bond donors (Lipinski definition) is 0. The van der Waals surface area contributed by atoms with E-state index >= 15 is 0 Å². The number of Topliss-reactive ketones (excluding diaryl/α,β-unsaturated/α-hetero) is 1. The molecule has 2 rings (SSSR count). The smallest absolute Gasteiger partial charge is 0.194 e. The quantitative estimate of drug-likeness (QED) is 0.728. The summed E-state index contributed by atoms with van der Waals surface area (Å²) in [6.07, 6.45) is 3.89. The first-order chi connectivity index (χ1) is 7.69. The molecule has 0 aliphatic heterocycles. The molecule has 0 unspecified atom stereocenters. The van der Waals surface area contributed by atoms with Crippen molar-refractivity contribution in [2.45, 2.75) is 38.2 Å². The van der Waals surface area contributed by atoms with Gasteiger partial charge in [-0.25, -0.2) is 0 Å². The molecule has 86 valence electrons. The van der Waals surface area contributed by atoms with Crippen molar-refractivity contribution in [1.82, 2.24) is 0 Å². The van der Waals surface area contributed by atoms with Gasteiger partial charge in [-0.05, 0) is 38.2 Å². The van der Waals surface area contributed by atoms with Gasteiger partial charge in [0.05, 0.1) is 0 Å². The van der Waals surface area contributed by atoms with Gasteiger partial charge in [-0.15, -0.1) is 0 Å². The van der Waals surface area contributed by atoms with Crippen LogP contribution in [0, 0.1) is 6.92 Å². The Bertz CT molecular complexity index is 389. The van der Waals surface area contributed by atoms with Crippen LogP contribution in [0.2, 0.25) is 0 Å². The summed E-state index contributed by atoms with van der Waals surface area (Å²) in [4.78, 5) is 12.5. The van der Waals surface area contributed by atoms with Gasteiger partial charge in [0.2, 0.25) is 0 Å². The second-order valence-corrected chi connectivity index (χ2v) is 4.55. The van der Waals surface area contributed by atoms with Gasteiger partial charge in [0, 0.05) is 12.7 Å². The van der Waals surface area contributed by atoms with Crippen LogP contribution in [0.4, 0.5) is 0 Å². The van der Waals surface area contributed by atoms with Crippen LogP contribution in [0.3, 0.4) is 0 Å². The standard InChI is InChI=1S/C14H18O2/c1-11-7-3-4-8-12(11)13(15)14(16-2)9-5-6-10-14/h3-4,7-8H,5-6,9-10H2,1-2H3. The maximum atomic E-state index is 12.5. The fourth-order valence-electron chi connectivity index (χ4n) is 2.54. The molecule has 1 fully saturated rings. The number of ether oxygens (including phenoxy) is 1. The highest BCUT2D eigenvalue weighted by Gasteiger charge is 2.41. The number of carbonyl (C=O) groups is 1. The van der Waals surface area contributed by atoms with Crippen molar-refractivity contribution >= 4 is 5.78 Å². The first kappa shape index (κ1) is 11.3. The second-order valence-electron chi connectivity index (χ2n) is 4.55. The maximum absolute atomic E-state index is 12.5. The van der Waals surface area contributed by atoms with Crippen molar-refractivity contribution < 1.29 is 9.53 Å². The molecule has 0 atom stereocenters. The van der Waals surface area contributed by atoms with E-state index in [0.717, 1.165) is 36.8 Å². The van der Waals surface area contributed by atoms with Crippen molar-refractivity contribution in [2.75, 3.05) is 7.11 Å². The topological polar surface area (TPSA) is 26.3 Å². The Morgan fingerprint density at radius 1 is 1.25 bits per heavy atom. The van der Waals surface area contributed by atoms with E-state index in [9.17, 15) is 4.79 Å². The van der Waals surface area contributed by atoms with E-state index in [1.165, 1.54) is 0 Å². The molecule has 1 saturated carbocycles. The molecule has 0 N–H and O–H groups in total. The summed E-state index contributed by atoms with van der Waals surface area (Å²) < 4.78 is 5.52. The highest BCUT2D eigenvalue weighted by Crippen LogP contribution is 2.36. The third kappa shape index (κ3) is 1.78. The Hall–Kier alpha value is -1.15. The van der Waals surface area contributed by atoms with Crippen LogP contribution in [0.1, 0.15) is 41.6 Å². The Balaban J connectivity index is 2.34. The minimum Gasteiger partial charge on any atom is -0.370 e. The van der Waals surface area contributed by atoms with Crippen LogP contribution in [-0.4, -0.2) is 18.5 Å². The SMILES string of the molecule is COC1(C(=O)c2ccccc2C)CCCC1. The minimum absolute atomic E-state index is 0.158. The van der Waals surface area contributed by atoms with Gasteiger partial charge in [-0.3, -0.25) is 4.79 Å². The molecular formula is C14H18O2. The summed E-state index contributed by atoms with van der Waals surface area (Å²) >= 11 is 0. The van der Waals surface area contributed by atoms with E-state index in [4.69, 9.17) is 4.74 Å². The minimum atomic E-state index is -0.549. The van der Waals surface area contributed by atoms with Crippen molar-refractivity contribution in [2.24, 2.45) is 0 Å². The van der Waals surface area contributed by atoms with Crippen molar-refractivity contribution in [3.05, 3.63) is 35.4 Å². The summed E-state index contributed by atoms with van der Waals surface area (Å²) in [5.74, 6) is 0.158. The molecule has 1 aromatic rings. The molecule has 0 bridgehead atoms. The van der Waals surface area contributed by atoms with Crippen molar-refractivity contribution in [1.29, 1.82) is 0 Å². The molecule has 0 aromatic heterocycles. The number of carbonyl (C=O) groups excluding carboxylic acids is 1. The maximum Gasteiger partial charge on any atom is 0.194 e. The molecule has 0 spiro atoms. The first-order valence-corrected chi connectivity index (χ1v) is 5.85. The zero-order chi connectivity index (χ0) is 11.6. The average Bonchev–Trinajstić information content (AvgIpc) is 2.78. The average molecular weight is 218 g/mol. The van der Waals surface area contributed by atoms with Crippen LogP contribution >= 0.6 is 0 Å². The van der Waals surface area contributed by atoms with Crippen LogP contribution < -0.4 is 0 Å². The van der Waals surface area contributed by atoms with Gasteiger partial charge < -0.3 is 4.74 Å². The van der Waals surface area contributed by atoms with Crippen molar-refractivity contribution in [3.63, 3.8) is 0 Å². The number of methoxy groups -OCH3 is 1. The van der Waals surface area contributed by atoms with Gasteiger partial charge >= 0.3 is 0 Å². The molecule has 2 nitrogen and oxygen atoms in total. The number of hydrogen-bond acceptors (Lipinski definition) is 2. The van der Waals surface area contributed by atoms with E-state index < -0.39 is 5.60 Å². The first-order valence-electron chi connectivity index (χ1n) is 5.85. The molecule has 1 aliphatic rings. The molecule has 1 aliphatic carbocycles.